The van der Waals surface area contributed by atoms with Crippen LogP contribution in [0.15, 0.2) is 5.16 Å². The van der Waals surface area contributed by atoms with E-state index in [9.17, 15) is 4.79 Å². The molecule has 0 aliphatic heterocycles. The predicted molar refractivity (Wildman–Crippen MR) is 36.9 cm³/mol. The zero-order chi connectivity index (χ0) is 8.85. The van der Waals surface area contributed by atoms with Crippen molar-refractivity contribution in [3.05, 3.63) is 0 Å². The lowest BCUT2D eigenvalue weighted by Gasteiger charge is -2.01. The van der Waals surface area contributed by atoms with Gasteiger partial charge in [-0.05, 0) is 6.92 Å². The van der Waals surface area contributed by atoms with Gasteiger partial charge in [0.1, 0.15) is 6.23 Å². The van der Waals surface area contributed by atoms with E-state index < -0.39 is 18.8 Å². The van der Waals surface area contributed by atoms with Crippen LogP contribution in [0.1, 0.15) is 6.92 Å². The molecule has 11 heavy (non-hydrogen) atoms. The fraction of sp³-hybridized carbons (Fsp3) is 0.600. The molecule has 6 nitrogen and oxygen atoms in total. The average molecular weight is 162 g/mol. The molecule has 0 aromatic heterocycles. The Hall–Kier alpha value is -1.14. The monoisotopic (exact) mass is 162 g/mol. The zero-order valence-electron chi connectivity index (χ0n) is 6.02. The number of aliphatic hydroxyl groups excluding tert-OH is 1. The molecule has 1 unspecified atom stereocenters. The molecule has 0 aliphatic carbocycles. The van der Waals surface area contributed by atoms with Gasteiger partial charge >= 0.3 is 5.97 Å². The first-order valence-corrected chi connectivity index (χ1v) is 2.86. The normalized spacial score (nSPS) is 14.3. The molecule has 0 bridgehead atoms. The zero-order valence-corrected chi connectivity index (χ0v) is 6.02. The maximum absolute atomic E-state index is 9.86. The average Bonchev–Trinajstić information content (AvgIpc) is 1.86. The van der Waals surface area contributed by atoms with Gasteiger partial charge in [0.05, 0.1) is 5.71 Å². The third-order valence-electron chi connectivity index (χ3n) is 0.825. The molecule has 0 saturated carbocycles. The van der Waals surface area contributed by atoms with Gasteiger partial charge < -0.3 is 20.8 Å². The number of hydrogen-bond donors (Lipinski definition) is 3. The Bertz CT molecular complexity index is 166. The molecule has 0 fully saturated rings. The van der Waals surface area contributed by atoms with Crippen molar-refractivity contribution in [3.8, 4) is 0 Å². The molecule has 0 amide bonds. The first-order valence-electron chi connectivity index (χ1n) is 2.86. The maximum atomic E-state index is 9.86. The summed E-state index contributed by atoms with van der Waals surface area (Å²) in [6.07, 6.45) is -1.20. The predicted octanol–water partition coefficient (Wildman–Crippen LogP) is -1.26. The van der Waals surface area contributed by atoms with Crippen molar-refractivity contribution in [1.82, 2.24) is 0 Å². The number of oxime groups is 1. The highest BCUT2D eigenvalue weighted by Gasteiger charge is 2.01. The van der Waals surface area contributed by atoms with Gasteiger partial charge in [-0.15, -0.1) is 0 Å². The molecule has 0 aliphatic rings. The van der Waals surface area contributed by atoms with Crippen LogP contribution in [0, 0.1) is 0 Å². The van der Waals surface area contributed by atoms with E-state index in [2.05, 4.69) is 9.99 Å². The lowest BCUT2D eigenvalue weighted by Crippen LogP contribution is -2.27. The Morgan fingerprint density at radius 2 is 2.36 bits per heavy atom. The van der Waals surface area contributed by atoms with Crippen LogP contribution in [0.4, 0.5) is 0 Å². The van der Waals surface area contributed by atoms with Gasteiger partial charge in [0.2, 0.25) is 6.61 Å². The van der Waals surface area contributed by atoms with Crippen LogP contribution in [0.5, 0.6) is 0 Å². The highest BCUT2D eigenvalue weighted by Crippen LogP contribution is 1.83. The van der Waals surface area contributed by atoms with Crippen LogP contribution >= 0.6 is 0 Å². The van der Waals surface area contributed by atoms with Crippen molar-refractivity contribution in [1.29, 1.82) is 0 Å². The molecule has 0 aromatic rings. The number of aliphatic hydroxyl groups is 1. The molecular weight excluding hydrogens is 152 g/mol. The highest BCUT2D eigenvalue weighted by molar-refractivity contribution is 5.85. The summed E-state index contributed by atoms with van der Waals surface area (Å²) in [5.41, 5.74) is 5.08. The summed E-state index contributed by atoms with van der Waals surface area (Å²) in [6, 6.07) is 0. The molecule has 1 atom stereocenters. The minimum absolute atomic E-state index is 0.131. The van der Waals surface area contributed by atoms with Gasteiger partial charge in [-0.25, -0.2) is 4.79 Å². The molecule has 0 radical (unpaired) electrons. The number of aliphatic carboxylic acids is 1. The van der Waals surface area contributed by atoms with Crippen LogP contribution in [0.25, 0.3) is 0 Å². The summed E-state index contributed by atoms with van der Waals surface area (Å²) in [5.74, 6) is -1.13. The van der Waals surface area contributed by atoms with Gasteiger partial charge in [0.15, 0.2) is 0 Å². The number of hydrogen-bond acceptors (Lipinski definition) is 5. The fourth-order valence-electron chi connectivity index (χ4n) is 0.243. The third-order valence-corrected chi connectivity index (χ3v) is 0.825. The van der Waals surface area contributed by atoms with Gasteiger partial charge in [0, 0.05) is 0 Å². The van der Waals surface area contributed by atoms with Gasteiger partial charge in [-0.1, -0.05) is 5.16 Å². The molecule has 4 N–H and O–H groups in total. The number of rotatable bonds is 4. The minimum atomic E-state index is -1.20. The summed E-state index contributed by atoms with van der Waals surface area (Å²) in [5, 5.41) is 19.9. The molecule has 6 heteroatoms. The lowest BCUT2D eigenvalue weighted by atomic mass is 10.4. The van der Waals surface area contributed by atoms with Crippen molar-refractivity contribution >= 4 is 11.7 Å². The van der Waals surface area contributed by atoms with E-state index in [1.165, 1.54) is 6.92 Å². The molecular formula is C5H10N2O4. The van der Waals surface area contributed by atoms with Crippen LogP contribution in [-0.2, 0) is 9.63 Å². The Balaban J connectivity index is 3.65. The van der Waals surface area contributed by atoms with Crippen LogP contribution in [0.2, 0.25) is 0 Å². The van der Waals surface area contributed by atoms with Gasteiger partial charge in [-0.3, -0.25) is 0 Å². The molecule has 0 rings (SSSR count). The number of carboxylic acids is 1. The summed E-state index contributed by atoms with van der Waals surface area (Å²) < 4.78 is 0. The first-order chi connectivity index (χ1) is 5.04. The highest BCUT2D eigenvalue weighted by atomic mass is 16.6. The Morgan fingerprint density at radius 3 is 2.73 bits per heavy atom. The van der Waals surface area contributed by atoms with Crippen molar-refractivity contribution in [2.75, 3.05) is 6.61 Å². The second kappa shape index (κ2) is 4.64. The SMILES string of the molecule is C/C(=N/OCC(=O)O)C(N)O. The minimum Gasteiger partial charge on any atom is -0.479 e. The Labute approximate surface area is 63.3 Å². The molecule has 0 aromatic carbocycles. The lowest BCUT2D eigenvalue weighted by molar-refractivity contribution is -0.142. The molecule has 64 valence electrons. The number of nitrogens with two attached hydrogens (primary N) is 1. The number of carbonyl (C=O) groups is 1. The molecule has 0 spiro atoms. The van der Waals surface area contributed by atoms with E-state index in [1.807, 2.05) is 0 Å². The van der Waals surface area contributed by atoms with E-state index in [-0.39, 0.29) is 5.71 Å². The second-order valence-electron chi connectivity index (χ2n) is 1.84. The van der Waals surface area contributed by atoms with Gasteiger partial charge in [-0.2, -0.15) is 0 Å². The molecule has 0 saturated heterocycles. The summed E-state index contributed by atoms with van der Waals surface area (Å²) in [6.45, 7) is 0.885. The van der Waals surface area contributed by atoms with E-state index >= 15 is 0 Å². The Kier molecular flexibility index (Phi) is 4.16. The second-order valence-corrected chi connectivity index (χ2v) is 1.84. The molecule has 0 heterocycles. The van der Waals surface area contributed by atoms with Crippen LogP contribution in [-0.4, -0.2) is 34.7 Å². The Morgan fingerprint density at radius 1 is 1.82 bits per heavy atom. The number of nitrogens with zero attached hydrogens (tertiary/aromatic N) is 1. The van der Waals surface area contributed by atoms with Crippen molar-refractivity contribution < 1.29 is 19.8 Å². The van der Waals surface area contributed by atoms with Crippen LogP contribution in [0.3, 0.4) is 0 Å². The first kappa shape index (κ1) is 9.86. The maximum Gasteiger partial charge on any atom is 0.344 e. The topological polar surface area (TPSA) is 105 Å². The van der Waals surface area contributed by atoms with Gasteiger partial charge in [0.25, 0.3) is 0 Å². The number of carboxylic acid groups (broad SMARTS) is 1. The standard InChI is InChI=1S/C5H10N2O4/c1-3(5(6)10)7-11-2-4(8)9/h5,10H,2,6H2,1H3,(H,8,9)/b7-3-. The van der Waals surface area contributed by atoms with E-state index in [4.69, 9.17) is 15.9 Å². The summed E-state index contributed by atoms with van der Waals surface area (Å²) >= 11 is 0. The van der Waals surface area contributed by atoms with Crippen LogP contribution < -0.4 is 5.73 Å². The van der Waals surface area contributed by atoms with Crippen molar-refractivity contribution in [2.24, 2.45) is 10.9 Å². The fourth-order valence-corrected chi connectivity index (χ4v) is 0.243. The quantitative estimate of drug-likeness (QED) is 0.272. The van der Waals surface area contributed by atoms with E-state index in [0.717, 1.165) is 0 Å². The smallest absolute Gasteiger partial charge is 0.344 e. The summed E-state index contributed by atoms with van der Waals surface area (Å²) in [7, 11) is 0. The third kappa shape index (κ3) is 5.31. The van der Waals surface area contributed by atoms with E-state index in [0.29, 0.717) is 0 Å². The van der Waals surface area contributed by atoms with Crippen molar-refractivity contribution in [2.45, 2.75) is 13.2 Å². The summed E-state index contributed by atoms with van der Waals surface area (Å²) in [4.78, 5) is 14.1. The van der Waals surface area contributed by atoms with Crippen molar-refractivity contribution in [3.63, 3.8) is 0 Å². The largest absolute Gasteiger partial charge is 0.479 e. The van der Waals surface area contributed by atoms with E-state index in [1.54, 1.807) is 0 Å².